The summed E-state index contributed by atoms with van der Waals surface area (Å²) in [6.07, 6.45) is 3.85. The average molecular weight is 221 g/mol. The van der Waals surface area contributed by atoms with E-state index in [1.54, 1.807) is 0 Å². The maximum Gasteiger partial charge on any atom is 0.105 e. The van der Waals surface area contributed by atoms with Gasteiger partial charge in [0.1, 0.15) is 11.5 Å². The van der Waals surface area contributed by atoms with E-state index in [1.165, 1.54) is 24.8 Å². The summed E-state index contributed by atoms with van der Waals surface area (Å²) in [4.78, 5) is 0. The fourth-order valence-electron chi connectivity index (χ4n) is 3.22. The molecule has 2 heteroatoms. The Hall–Kier alpha value is -0.760. The van der Waals surface area contributed by atoms with Gasteiger partial charge >= 0.3 is 0 Å². The smallest absolute Gasteiger partial charge is 0.105 e. The predicted octanol–water partition coefficient (Wildman–Crippen LogP) is 3.72. The van der Waals surface area contributed by atoms with Crippen molar-refractivity contribution in [1.29, 1.82) is 0 Å². The van der Waals surface area contributed by atoms with Crippen LogP contribution in [-0.4, -0.2) is 0 Å². The van der Waals surface area contributed by atoms with Gasteiger partial charge in [0.2, 0.25) is 0 Å². The van der Waals surface area contributed by atoms with Crippen molar-refractivity contribution in [3.8, 4) is 0 Å². The first-order valence-electron chi connectivity index (χ1n) is 6.24. The molecule has 2 atom stereocenters. The van der Waals surface area contributed by atoms with Crippen molar-refractivity contribution < 1.29 is 4.42 Å². The van der Waals surface area contributed by atoms with E-state index < -0.39 is 0 Å². The van der Waals surface area contributed by atoms with E-state index in [0.29, 0.717) is 11.3 Å². The van der Waals surface area contributed by atoms with Crippen LogP contribution < -0.4 is 5.73 Å². The summed E-state index contributed by atoms with van der Waals surface area (Å²) in [7, 11) is 0. The van der Waals surface area contributed by atoms with E-state index in [2.05, 4.69) is 19.9 Å². The molecular formula is C14H23NO. The van der Waals surface area contributed by atoms with Gasteiger partial charge in [0.25, 0.3) is 0 Å². The molecule has 1 aliphatic carbocycles. The lowest BCUT2D eigenvalue weighted by atomic mass is 9.76. The molecule has 0 aliphatic heterocycles. The van der Waals surface area contributed by atoms with Crippen molar-refractivity contribution >= 4 is 0 Å². The molecule has 2 rings (SSSR count). The Morgan fingerprint density at radius 2 is 2.12 bits per heavy atom. The first-order valence-corrected chi connectivity index (χ1v) is 6.24. The van der Waals surface area contributed by atoms with Gasteiger partial charge < -0.3 is 10.2 Å². The van der Waals surface area contributed by atoms with Gasteiger partial charge in [-0.25, -0.2) is 0 Å². The minimum absolute atomic E-state index is 0.134. The Labute approximate surface area is 98.2 Å². The van der Waals surface area contributed by atoms with Gasteiger partial charge in [-0.1, -0.05) is 20.3 Å². The van der Waals surface area contributed by atoms with E-state index in [0.717, 1.165) is 11.5 Å². The number of aryl methyl sites for hydroxylation is 2. The van der Waals surface area contributed by atoms with Crippen LogP contribution in [0.2, 0.25) is 0 Å². The van der Waals surface area contributed by atoms with Crippen LogP contribution >= 0.6 is 0 Å². The van der Waals surface area contributed by atoms with Gasteiger partial charge in [0.05, 0.1) is 0 Å². The van der Waals surface area contributed by atoms with Crippen LogP contribution in [0.3, 0.4) is 0 Å². The highest BCUT2D eigenvalue weighted by Gasteiger charge is 2.39. The second kappa shape index (κ2) is 3.92. The van der Waals surface area contributed by atoms with E-state index in [-0.39, 0.29) is 6.04 Å². The predicted molar refractivity (Wildman–Crippen MR) is 66.2 cm³/mol. The lowest BCUT2D eigenvalue weighted by Crippen LogP contribution is -2.29. The van der Waals surface area contributed by atoms with Crippen molar-refractivity contribution in [2.75, 3.05) is 0 Å². The van der Waals surface area contributed by atoms with E-state index in [9.17, 15) is 0 Å². The Kier molecular flexibility index (Phi) is 2.87. The van der Waals surface area contributed by atoms with Gasteiger partial charge in [-0.05, 0) is 44.1 Å². The van der Waals surface area contributed by atoms with Crippen molar-refractivity contribution in [2.24, 2.45) is 17.1 Å². The Morgan fingerprint density at radius 1 is 1.44 bits per heavy atom. The molecule has 1 saturated carbocycles. The molecule has 0 bridgehead atoms. The van der Waals surface area contributed by atoms with Crippen molar-refractivity contribution in [3.63, 3.8) is 0 Å². The van der Waals surface area contributed by atoms with Gasteiger partial charge in [0, 0.05) is 11.6 Å². The van der Waals surface area contributed by atoms with Gasteiger partial charge in [-0.3, -0.25) is 0 Å². The monoisotopic (exact) mass is 221 g/mol. The third-order valence-corrected chi connectivity index (χ3v) is 4.21. The summed E-state index contributed by atoms with van der Waals surface area (Å²) in [6.45, 7) is 8.69. The van der Waals surface area contributed by atoms with E-state index in [4.69, 9.17) is 10.2 Å². The van der Waals surface area contributed by atoms with E-state index in [1.807, 2.05) is 13.8 Å². The van der Waals surface area contributed by atoms with Crippen molar-refractivity contribution in [1.82, 2.24) is 0 Å². The number of hydrogen-bond acceptors (Lipinski definition) is 2. The van der Waals surface area contributed by atoms with Crippen LogP contribution in [0.25, 0.3) is 0 Å². The molecule has 90 valence electrons. The van der Waals surface area contributed by atoms with E-state index >= 15 is 0 Å². The summed E-state index contributed by atoms with van der Waals surface area (Å²) in [5.74, 6) is 2.55. The summed E-state index contributed by atoms with van der Waals surface area (Å²) in [5.41, 5.74) is 8.01. The zero-order chi connectivity index (χ0) is 11.9. The molecule has 0 aromatic carbocycles. The van der Waals surface area contributed by atoms with Crippen LogP contribution in [-0.2, 0) is 0 Å². The fourth-order valence-corrected chi connectivity index (χ4v) is 3.22. The van der Waals surface area contributed by atoms with Crippen molar-refractivity contribution in [2.45, 2.75) is 53.0 Å². The van der Waals surface area contributed by atoms with Crippen LogP contribution in [0.5, 0.6) is 0 Å². The second-order valence-corrected chi connectivity index (χ2v) is 5.88. The zero-order valence-corrected chi connectivity index (χ0v) is 10.8. The number of rotatable bonds is 2. The van der Waals surface area contributed by atoms with Crippen LogP contribution in [0.1, 0.15) is 56.2 Å². The molecule has 1 fully saturated rings. The summed E-state index contributed by atoms with van der Waals surface area (Å²) in [6, 6.07) is 2.24. The number of hydrogen-bond donors (Lipinski definition) is 1. The zero-order valence-electron chi connectivity index (χ0n) is 10.8. The SMILES string of the molecule is Cc1cc(C(N)C2CCCC2(C)C)c(C)o1. The molecule has 16 heavy (non-hydrogen) atoms. The standard InChI is InChI=1S/C14H23NO/c1-9-8-11(10(2)16-9)13(15)12-6-5-7-14(12,3)4/h8,12-13H,5-7,15H2,1-4H3. The fraction of sp³-hybridized carbons (Fsp3) is 0.714. The minimum Gasteiger partial charge on any atom is -0.466 e. The maximum atomic E-state index is 6.43. The highest BCUT2D eigenvalue weighted by atomic mass is 16.3. The highest BCUT2D eigenvalue weighted by Crippen LogP contribution is 2.48. The normalized spacial score (nSPS) is 25.9. The largest absolute Gasteiger partial charge is 0.466 e. The molecule has 2 N–H and O–H groups in total. The molecule has 0 radical (unpaired) electrons. The van der Waals surface area contributed by atoms with Crippen LogP contribution in [0, 0.1) is 25.2 Å². The van der Waals surface area contributed by atoms with Gasteiger partial charge in [-0.2, -0.15) is 0 Å². The molecule has 1 aromatic heterocycles. The molecule has 1 aromatic rings. The third-order valence-electron chi connectivity index (χ3n) is 4.21. The molecule has 1 heterocycles. The first-order chi connectivity index (χ1) is 7.42. The summed E-state index contributed by atoms with van der Waals surface area (Å²) >= 11 is 0. The highest BCUT2D eigenvalue weighted by molar-refractivity contribution is 5.25. The molecule has 0 saturated heterocycles. The average Bonchev–Trinajstić information content (AvgIpc) is 2.68. The van der Waals surface area contributed by atoms with Gasteiger partial charge in [-0.15, -0.1) is 0 Å². The van der Waals surface area contributed by atoms with Crippen LogP contribution in [0.15, 0.2) is 10.5 Å². The number of nitrogens with two attached hydrogens (primary N) is 1. The Morgan fingerprint density at radius 3 is 2.56 bits per heavy atom. The Balaban J connectivity index is 2.25. The quantitative estimate of drug-likeness (QED) is 0.826. The third kappa shape index (κ3) is 1.91. The summed E-state index contributed by atoms with van der Waals surface area (Å²) < 4.78 is 5.58. The van der Waals surface area contributed by atoms with Gasteiger partial charge in [0.15, 0.2) is 0 Å². The van der Waals surface area contributed by atoms with Crippen LogP contribution in [0.4, 0.5) is 0 Å². The first kappa shape index (κ1) is 11.7. The molecule has 0 amide bonds. The molecule has 0 spiro atoms. The number of furan rings is 1. The lowest BCUT2D eigenvalue weighted by molar-refractivity contribution is 0.221. The summed E-state index contributed by atoms with van der Waals surface area (Å²) in [5, 5.41) is 0. The second-order valence-electron chi connectivity index (χ2n) is 5.88. The molecule has 2 unspecified atom stereocenters. The topological polar surface area (TPSA) is 39.2 Å². The maximum absolute atomic E-state index is 6.43. The molecular weight excluding hydrogens is 198 g/mol. The minimum atomic E-state index is 0.134. The molecule has 1 aliphatic rings. The Bertz CT molecular complexity index is 378. The lowest BCUT2D eigenvalue weighted by Gasteiger charge is -2.31. The molecule has 2 nitrogen and oxygen atoms in total. The van der Waals surface area contributed by atoms with Crippen molar-refractivity contribution in [3.05, 3.63) is 23.2 Å².